The van der Waals surface area contributed by atoms with Crippen molar-refractivity contribution in [3.05, 3.63) is 29.3 Å². The first-order valence-electron chi connectivity index (χ1n) is 5.45. The van der Waals surface area contributed by atoms with E-state index in [2.05, 4.69) is 17.2 Å². The molecule has 0 radical (unpaired) electrons. The second-order valence-corrected chi connectivity index (χ2v) is 3.83. The number of amides is 1. The number of rotatable bonds is 3. The molecule has 0 atom stereocenters. The molecule has 1 aliphatic rings. The SMILES string of the molecule is CCCNc1cccc2c1C(N)=NC(=O)C2. The summed E-state index contributed by atoms with van der Waals surface area (Å²) >= 11 is 0. The highest BCUT2D eigenvalue weighted by Gasteiger charge is 2.19. The van der Waals surface area contributed by atoms with Crippen molar-refractivity contribution < 1.29 is 4.79 Å². The molecule has 0 fully saturated rings. The second kappa shape index (κ2) is 4.35. The van der Waals surface area contributed by atoms with Crippen LogP contribution in [0.4, 0.5) is 5.69 Å². The molecular formula is C12H15N3O. The van der Waals surface area contributed by atoms with Crippen LogP contribution in [-0.2, 0) is 11.2 Å². The highest BCUT2D eigenvalue weighted by atomic mass is 16.1. The second-order valence-electron chi connectivity index (χ2n) is 3.83. The molecule has 0 saturated heterocycles. The Morgan fingerprint density at radius 1 is 1.50 bits per heavy atom. The van der Waals surface area contributed by atoms with Crippen molar-refractivity contribution in [1.29, 1.82) is 0 Å². The summed E-state index contributed by atoms with van der Waals surface area (Å²) in [6.07, 6.45) is 1.39. The Morgan fingerprint density at radius 2 is 2.31 bits per heavy atom. The number of fused-ring (bicyclic) bond motifs is 1. The molecule has 0 bridgehead atoms. The Labute approximate surface area is 94.6 Å². The number of anilines is 1. The summed E-state index contributed by atoms with van der Waals surface area (Å²) in [4.78, 5) is 15.1. The van der Waals surface area contributed by atoms with E-state index in [0.717, 1.165) is 29.8 Å². The van der Waals surface area contributed by atoms with Gasteiger partial charge in [0.1, 0.15) is 5.84 Å². The number of carbonyl (C=O) groups is 1. The topological polar surface area (TPSA) is 67.5 Å². The summed E-state index contributed by atoms with van der Waals surface area (Å²) in [5.74, 6) is 0.156. The van der Waals surface area contributed by atoms with Crippen LogP contribution < -0.4 is 11.1 Å². The fourth-order valence-corrected chi connectivity index (χ4v) is 1.85. The maximum atomic E-state index is 11.3. The smallest absolute Gasteiger partial charge is 0.252 e. The lowest BCUT2D eigenvalue weighted by Gasteiger charge is -2.17. The first kappa shape index (κ1) is 10.7. The number of aliphatic imine (C=N–C) groups is 1. The Bertz CT molecular complexity index is 452. The first-order chi connectivity index (χ1) is 7.72. The molecule has 3 N–H and O–H groups in total. The molecule has 1 aliphatic heterocycles. The molecular weight excluding hydrogens is 202 g/mol. The number of carbonyl (C=O) groups excluding carboxylic acids is 1. The van der Waals surface area contributed by atoms with Gasteiger partial charge < -0.3 is 11.1 Å². The van der Waals surface area contributed by atoms with Crippen molar-refractivity contribution in [3.8, 4) is 0 Å². The molecule has 1 heterocycles. The molecule has 84 valence electrons. The number of amidine groups is 1. The van der Waals surface area contributed by atoms with E-state index in [1.807, 2.05) is 18.2 Å². The van der Waals surface area contributed by atoms with Gasteiger partial charge in [-0.15, -0.1) is 0 Å². The molecule has 0 spiro atoms. The zero-order chi connectivity index (χ0) is 11.5. The van der Waals surface area contributed by atoms with E-state index < -0.39 is 0 Å². The van der Waals surface area contributed by atoms with Crippen LogP contribution in [0, 0.1) is 0 Å². The van der Waals surface area contributed by atoms with Crippen molar-refractivity contribution in [2.24, 2.45) is 10.7 Å². The number of nitrogens with zero attached hydrogens (tertiary/aromatic N) is 1. The molecule has 1 amide bonds. The Morgan fingerprint density at radius 3 is 3.06 bits per heavy atom. The quantitative estimate of drug-likeness (QED) is 0.801. The summed E-state index contributed by atoms with van der Waals surface area (Å²) in [6, 6.07) is 5.82. The van der Waals surface area contributed by atoms with E-state index in [1.165, 1.54) is 0 Å². The van der Waals surface area contributed by atoms with E-state index in [4.69, 9.17) is 5.73 Å². The van der Waals surface area contributed by atoms with Crippen LogP contribution in [0.3, 0.4) is 0 Å². The van der Waals surface area contributed by atoms with Crippen molar-refractivity contribution in [1.82, 2.24) is 0 Å². The van der Waals surface area contributed by atoms with Gasteiger partial charge in [-0.2, -0.15) is 4.99 Å². The summed E-state index contributed by atoms with van der Waals surface area (Å²) in [6.45, 7) is 2.99. The molecule has 0 aliphatic carbocycles. The fraction of sp³-hybridized carbons (Fsp3) is 0.333. The Kier molecular flexibility index (Phi) is 2.90. The van der Waals surface area contributed by atoms with Crippen LogP contribution in [0.25, 0.3) is 0 Å². The number of nitrogens with one attached hydrogen (secondary N) is 1. The van der Waals surface area contributed by atoms with Gasteiger partial charge in [-0.3, -0.25) is 4.79 Å². The maximum absolute atomic E-state index is 11.3. The van der Waals surface area contributed by atoms with Gasteiger partial charge in [0.25, 0.3) is 5.91 Å². The minimum atomic E-state index is -0.169. The van der Waals surface area contributed by atoms with Crippen LogP contribution in [-0.4, -0.2) is 18.3 Å². The predicted molar refractivity (Wildman–Crippen MR) is 64.7 cm³/mol. The van der Waals surface area contributed by atoms with Crippen molar-refractivity contribution >= 4 is 17.4 Å². The molecule has 0 aromatic heterocycles. The summed E-state index contributed by atoms with van der Waals surface area (Å²) < 4.78 is 0. The normalized spacial score (nSPS) is 14.3. The predicted octanol–water partition coefficient (Wildman–Crippen LogP) is 1.30. The molecule has 1 aromatic carbocycles. The van der Waals surface area contributed by atoms with E-state index in [0.29, 0.717) is 12.3 Å². The van der Waals surface area contributed by atoms with Crippen molar-refractivity contribution in [2.75, 3.05) is 11.9 Å². The highest BCUT2D eigenvalue weighted by Crippen LogP contribution is 2.23. The first-order valence-corrected chi connectivity index (χ1v) is 5.45. The van der Waals surface area contributed by atoms with E-state index in [1.54, 1.807) is 0 Å². The zero-order valence-corrected chi connectivity index (χ0v) is 9.29. The fourth-order valence-electron chi connectivity index (χ4n) is 1.85. The largest absolute Gasteiger partial charge is 0.384 e. The van der Waals surface area contributed by atoms with Crippen LogP contribution in [0.1, 0.15) is 24.5 Å². The molecule has 4 heteroatoms. The third kappa shape index (κ3) is 1.91. The van der Waals surface area contributed by atoms with Gasteiger partial charge in [-0.05, 0) is 18.1 Å². The van der Waals surface area contributed by atoms with Gasteiger partial charge in [-0.1, -0.05) is 19.1 Å². The van der Waals surface area contributed by atoms with E-state index in [9.17, 15) is 4.79 Å². The summed E-state index contributed by atoms with van der Waals surface area (Å²) in [5, 5.41) is 3.30. The van der Waals surface area contributed by atoms with Crippen LogP contribution in [0.5, 0.6) is 0 Å². The van der Waals surface area contributed by atoms with Crippen molar-refractivity contribution in [3.63, 3.8) is 0 Å². The number of nitrogens with two attached hydrogens (primary N) is 1. The summed E-state index contributed by atoms with van der Waals surface area (Å²) in [5.41, 5.74) is 8.61. The number of benzene rings is 1. The third-order valence-corrected chi connectivity index (χ3v) is 2.56. The average Bonchev–Trinajstić information content (AvgIpc) is 2.25. The summed E-state index contributed by atoms with van der Waals surface area (Å²) in [7, 11) is 0. The third-order valence-electron chi connectivity index (χ3n) is 2.56. The molecule has 2 rings (SSSR count). The lowest BCUT2D eigenvalue weighted by atomic mass is 9.99. The van der Waals surface area contributed by atoms with Gasteiger partial charge >= 0.3 is 0 Å². The Balaban J connectivity index is 2.41. The number of hydrogen-bond donors (Lipinski definition) is 2. The number of hydrogen-bond acceptors (Lipinski definition) is 3. The molecule has 16 heavy (non-hydrogen) atoms. The monoisotopic (exact) mass is 217 g/mol. The molecule has 4 nitrogen and oxygen atoms in total. The van der Waals surface area contributed by atoms with E-state index >= 15 is 0 Å². The van der Waals surface area contributed by atoms with Gasteiger partial charge in [0.05, 0.1) is 6.42 Å². The molecule has 0 saturated carbocycles. The van der Waals surface area contributed by atoms with Crippen LogP contribution >= 0.6 is 0 Å². The van der Waals surface area contributed by atoms with E-state index in [-0.39, 0.29) is 5.91 Å². The van der Waals surface area contributed by atoms with Crippen molar-refractivity contribution in [2.45, 2.75) is 19.8 Å². The molecule has 1 aromatic rings. The lowest BCUT2D eigenvalue weighted by molar-refractivity contribution is -0.117. The minimum absolute atomic E-state index is 0.169. The van der Waals surface area contributed by atoms with Gasteiger partial charge in [0.15, 0.2) is 0 Å². The van der Waals surface area contributed by atoms with Gasteiger partial charge in [-0.25, -0.2) is 0 Å². The Hall–Kier alpha value is -1.84. The average molecular weight is 217 g/mol. The standard InChI is InChI=1S/C12H15N3O/c1-2-6-14-9-5-3-4-8-7-10(16)15-12(13)11(8)9/h3-5,14H,2,6-7H2,1H3,(H2,13,15,16). The highest BCUT2D eigenvalue weighted by molar-refractivity contribution is 6.12. The van der Waals surface area contributed by atoms with Crippen LogP contribution in [0.2, 0.25) is 0 Å². The minimum Gasteiger partial charge on any atom is -0.384 e. The maximum Gasteiger partial charge on any atom is 0.252 e. The van der Waals surface area contributed by atoms with Gasteiger partial charge in [0.2, 0.25) is 0 Å². The lowest BCUT2D eigenvalue weighted by Crippen LogP contribution is -2.25. The zero-order valence-electron chi connectivity index (χ0n) is 9.29. The molecule has 0 unspecified atom stereocenters. The van der Waals surface area contributed by atoms with Crippen LogP contribution in [0.15, 0.2) is 23.2 Å². The van der Waals surface area contributed by atoms with Gasteiger partial charge in [0, 0.05) is 17.8 Å².